The molecule has 5 nitrogen and oxygen atoms in total. The molecule has 1 aliphatic rings. The minimum absolute atomic E-state index is 0.522. The van der Waals surface area contributed by atoms with Gasteiger partial charge in [0.2, 0.25) is 0 Å². The first-order valence-corrected chi connectivity index (χ1v) is 5.02. The molecule has 1 aromatic heterocycles. The third-order valence-electron chi connectivity index (χ3n) is 2.55. The molecule has 0 saturated carbocycles. The Morgan fingerprint density at radius 1 is 1.33 bits per heavy atom. The van der Waals surface area contributed by atoms with E-state index in [9.17, 15) is 0 Å². The van der Waals surface area contributed by atoms with Gasteiger partial charge in [-0.05, 0) is 12.1 Å². The fourth-order valence-electron chi connectivity index (χ4n) is 1.70. The summed E-state index contributed by atoms with van der Waals surface area (Å²) in [7, 11) is 0. The molecule has 1 aromatic rings. The summed E-state index contributed by atoms with van der Waals surface area (Å²) in [6, 6.07) is 6.03. The zero-order chi connectivity index (χ0) is 10.5. The highest BCUT2D eigenvalue weighted by Gasteiger charge is 2.17. The van der Waals surface area contributed by atoms with Gasteiger partial charge < -0.3 is 4.90 Å². The lowest BCUT2D eigenvalue weighted by Gasteiger charge is -2.33. The van der Waals surface area contributed by atoms with Gasteiger partial charge in [0.1, 0.15) is 0 Å². The van der Waals surface area contributed by atoms with E-state index >= 15 is 0 Å². The second kappa shape index (κ2) is 4.71. The van der Waals surface area contributed by atoms with E-state index in [0.717, 1.165) is 32.0 Å². The maximum Gasteiger partial charge on any atom is 0.151 e. The lowest BCUT2D eigenvalue weighted by molar-refractivity contribution is 0.286. The Bertz CT molecular complexity index is 337. The van der Waals surface area contributed by atoms with Gasteiger partial charge in [-0.1, -0.05) is 0 Å². The molecule has 78 valence electrons. The minimum atomic E-state index is 0.522. The van der Waals surface area contributed by atoms with Crippen molar-refractivity contribution in [3.05, 3.63) is 18.3 Å². The molecule has 0 unspecified atom stereocenters. The van der Waals surface area contributed by atoms with Gasteiger partial charge >= 0.3 is 0 Å². The molecular formula is C10H13N5. The number of anilines is 1. The highest BCUT2D eigenvalue weighted by Crippen LogP contribution is 2.10. The molecule has 0 spiro atoms. The maximum atomic E-state index is 8.57. The van der Waals surface area contributed by atoms with Crippen LogP contribution >= 0.6 is 0 Å². The summed E-state index contributed by atoms with van der Waals surface area (Å²) in [6.07, 6.45) is 1.68. The van der Waals surface area contributed by atoms with Crippen LogP contribution in [-0.4, -0.2) is 47.8 Å². The van der Waals surface area contributed by atoms with Crippen LogP contribution in [0.15, 0.2) is 18.3 Å². The third-order valence-corrected chi connectivity index (χ3v) is 2.55. The van der Waals surface area contributed by atoms with E-state index in [1.165, 1.54) is 0 Å². The molecule has 0 N–H and O–H groups in total. The zero-order valence-electron chi connectivity index (χ0n) is 8.50. The Labute approximate surface area is 88.9 Å². The predicted molar refractivity (Wildman–Crippen MR) is 56.3 cm³/mol. The molecule has 0 atom stereocenters. The van der Waals surface area contributed by atoms with E-state index in [1.54, 1.807) is 6.20 Å². The quantitative estimate of drug-likeness (QED) is 0.639. The van der Waals surface area contributed by atoms with Crippen LogP contribution in [0.25, 0.3) is 0 Å². The number of nitrogens with zero attached hydrogens (tertiary/aromatic N) is 5. The fourth-order valence-corrected chi connectivity index (χ4v) is 1.70. The SMILES string of the molecule is N#CCN1CCN(c2cccnn2)CC1. The second-order valence-electron chi connectivity index (χ2n) is 3.50. The maximum absolute atomic E-state index is 8.57. The monoisotopic (exact) mass is 203 g/mol. The molecular weight excluding hydrogens is 190 g/mol. The average Bonchev–Trinajstić information content (AvgIpc) is 2.32. The molecule has 1 aliphatic heterocycles. The predicted octanol–water partition coefficient (Wildman–Crippen LogP) is 0.122. The van der Waals surface area contributed by atoms with Crippen LogP contribution in [0.5, 0.6) is 0 Å². The fraction of sp³-hybridized carbons (Fsp3) is 0.500. The van der Waals surface area contributed by atoms with Gasteiger partial charge in [-0.3, -0.25) is 4.90 Å². The number of hydrogen-bond acceptors (Lipinski definition) is 5. The summed E-state index contributed by atoms with van der Waals surface area (Å²) in [5.74, 6) is 0.925. The van der Waals surface area contributed by atoms with E-state index in [4.69, 9.17) is 5.26 Å². The highest BCUT2D eigenvalue weighted by atomic mass is 15.3. The van der Waals surface area contributed by atoms with Crippen molar-refractivity contribution in [2.24, 2.45) is 0 Å². The summed E-state index contributed by atoms with van der Waals surface area (Å²) in [5, 5.41) is 16.5. The van der Waals surface area contributed by atoms with Crippen molar-refractivity contribution in [1.82, 2.24) is 15.1 Å². The van der Waals surface area contributed by atoms with Gasteiger partial charge in [-0.2, -0.15) is 10.4 Å². The van der Waals surface area contributed by atoms with E-state index in [1.807, 2.05) is 12.1 Å². The summed E-state index contributed by atoms with van der Waals surface area (Å²) in [5.41, 5.74) is 0. The van der Waals surface area contributed by atoms with Crippen LogP contribution in [0, 0.1) is 11.3 Å². The van der Waals surface area contributed by atoms with Crippen molar-refractivity contribution in [3.63, 3.8) is 0 Å². The van der Waals surface area contributed by atoms with Crippen molar-refractivity contribution in [2.45, 2.75) is 0 Å². The Balaban J connectivity index is 1.92. The molecule has 0 aliphatic carbocycles. The summed E-state index contributed by atoms with van der Waals surface area (Å²) in [6.45, 7) is 4.20. The summed E-state index contributed by atoms with van der Waals surface area (Å²) >= 11 is 0. The first kappa shape index (κ1) is 9.87. The number of aromatic nitrogens is 2. The number of nitriles is 1. The largest absolute Gasteiger partial charge is 0.353 e. The van der Waals surface area contributed by atoms with Gasteiger partial charge in [-0.25, -0.2) is 0 Å². The van der Waals surface area contributed by atoms with E-state index in [0.29, 0.717) is 6.54 Å². The number of piperazine rings is 1. The van der Waals surface area contributed by atoms with Gasteiger partial charge in [0.05, 0.1) is 12.6 Å². The topological polar surface area (TPSA) is 56.1 Å². The van der Waals surface area contributed by atoms with Crippen molar-refractivity contribution in [1.29, 1.82) is 5.26 Å². The Hall–Kier alpha value is -1.67. The molecule has 2 rings (SSSR count). The molecule has 0 amide bonds. The molecule has 15 heavy (non-hydrogen) atoms. The van der Waals surface area contributed by atoms with Crippen LogP contribution in [0.2, 0.25) is 0 Å². The smallest absolute Gasteiger partial charge is 0.151 e. The molecule has 2 heterocycles. The summed E-state index contributed by atoms with van der Waals surface area (Å²) in [4.78, 5) is 4.34. The van der Waals surface area contributed by atoms with Crippen LogP contribution in [0.1, 0.15) is 0 Å². The minimum Gasteiger partial charge on any atom is -0.353 e. The molecule has 0 aromatic carbocycles. The van der Waals surface area contributed by atoms with Crippen molar-refractivity contribution >= 4 is 5.82 Å². The van der Waals surface area contributed by atoms with Gasteiger partial charge in [0, 0.05) is 32.4 Å². The molecule has 5 heteroatoms. The van der Waals surface area contributed by atoms with Crippen LogP contribution in [0.3, 0.4) is 0 Å². The Morgan fingerprint density at radius 2 is 2.13 bits per heavy atom. The van der Waals surface area contributed by atoms with Crippen molar-refractivity contribution < 1.29 is 0 Å². The van der Waals surface area contributed by atoms with Gasteiger partial charge in [-0.15, -0.1) is 5.10 Å². The van der Waals surface area contributed by atoms with Crippen LogP contribution in [-0.2, 0) is 0 Å². The highest BCUT2D eigenvalue weighted by molar-refractivity contribution is 5.36. The number of rotatable bonds is 2. The molecule has 1 fully saturated rings. The standard InChI is InChI=1S/C10H13N5/c11-3-5-14-6-8-15(9-7-14)10-2-1-4-12-13-10/h1-2,4H,5-9H2. The normalized spacial score (nSPS) is 17.4. The third kappa shape index (κ3) is 2.42. The van der Waals surface area contributed by atoms with Crippen molar-refractivity contribution in [3.8, 4) is 6.07 Å². The summed E-state index contributed by atoms with van der Waals surface area (Å²) < 4.78 is 0. The van der Waals surface area contributed by atoms with Crippen LogP contribution in [0.4, 0.5) is 5.82 Å². The van der Waals surface area contributed by atoms with Gasteiger partial charge in [0.15, 0.2) is 5.82 Å². The molecule has 0 bridgehead atoms. The van der Waals surface area contributed by atoms with E-state index in [2.05, 4.69) is 26.1 Å². The first-order valence-electron chi connectivity index (χ1n) is 5.02. The number of hydrogen-bond donors (Lipinski definition) is 0. The lowest BCUT2D eigenvalue weighted by atomic mass is 10.3. The van der Waals surface area contributed by atoms with Crippen LogP contribution < -0.4 is 4.90 Å². The zero-order valence-corrected chi connectivity index (χ0v) is 8.50. The van der Waals surface area contributed by atoms with E-state index in [-0.39, 0.29) is 0 Å². The average molecular weight is 203 g/mol. The second-order valence-corrected chi connectivity index (χ2v) is 3.50. The van der Waals surface area contributed by atoms with Gasteiger partial charge in [0.25, 0.3) is 0 Å². The first-order chi connectivity index (χ1) is 7.40. The van der Waals surface area contributed by atoms with E-state index < -0.39 is 0 Å². The Morgan fingerprint density at radius 3 is 2.73 bits per heavy atom. The lowest BCUT2D eigenvalue weighted by Crippen LogP contribution is -2.46. The van der Waals surface area contributed by atoms with Crippen molar-refractivity contribution in [2.75, 3.05) is 37.6 Å². The molecule has 1 saturated heterocycles. The molecule has 0 radical (unpaired) electrons. The Kier molecular flexibility index (Phi) is 3.10.